The van der Waals surface area contributed by atoms with Crippen molar-refractivity contribution in [2.24, 2.45) is 0 Å². The SMILES string of the molecule is O=C(O)c1csc(NC(=O)[C@H](Cc2ccccc2)N2C(=O)NC(c3ccc(C(F)(F)F)cc3)C2=O)n1. The maximum Gasteiger partial charge on any atom is 0.416 e. The number of carbonyl (C=O) groups excluding carboxylic acids is 3. The Bertz CT molecular complexity index is 1310. The molecule has 1 unspecified atom stereocenters. The molecule has 3 N–H and O–H groups in total. The average Bonchev–Trinajstić information content (AvgIpc) is 3.42. The standard InChI is InChI=1S/C23H17F3N4O5S/c24-23(25,26)14-8-6-13(7-9-14)17-19(32)30(22(35)28-17)16(10-12-4-2-1-3-5-12)18(31)29-21-27-15(11-36-21)20(33)34/h1-9,11,16-17H,10H2,(H,28,35)(H,33,34)(H,27,29,31)/t16-,17?/m0/s1. The fourth-order valence-corrected chi connectivity index (χ4v) is 4.32. The van der Waals surface area contributed by atoms with Crippen molar-refractivity contribution in [1.82, 2.24) is 15.2 Å². The molecule has 0 spiro atoms. The maximum absolute atomic E-state index is 13.2. The number of aromatic nitrogens is 1. The summed E-state index contributed by atoms with van der Waals surface area (Å²) in [6, 6.07) is 8.79. The van der Waals surface area contributed by atoms with Crippen molar-refractivity contribution < 1.29 is 37.5 Å². The topological polar surface area (TPSA) is 129 Å². The largest absolute Gasteiger partial charge is 0.476 e. The van der Waals surface area contributed by atoms with Crippen molar-refractivity contribution >= 4 is 40.3 Å². The third kappa shape index (κ3) is 5.20. The number of carboxylic acids is 1. The predicted octanol–water partition coefficient (Wildman–Crippen LogP) is 3.70. The van der Waals surface area contributed by atoms with Crippen molar-refractivity contribution in [3.05, 3.63) is 82.4 Å². The molecular weight excluding hydrogens is 501 g/mol. The number of hydrogen-bond acceptors (Lipinski definition) is 6. The molecular formula is C23H17F3N4O5S. The van der Waals surface area contributed by atoms with Crippen LogP contribution in [0.1, 0.15) is 33.2 Å². The number of benzene rings is 2. The van der Waals surface area contributed by atoms with Crippen LogP contribution in [-0.4, -0.2) is 44.8 Å². The van der Waals surface area contributed by atoms with Gasteiger partial charge >= 0.3 is 18.2 Å². The van der Waals surface area contributed by atoms with Crippen LogP contribution < -0.4 is 10.6 Å². The van der Waals surface area contributed by atoms with Crippen LogP contribution in [0, 0.1) is 0 Å². The van der Waals surface area contributed by atoms with Gasteiger partial charge in [-0.25, -0.2) is 19.5 Å². The third-order valence-corrected chi connectivity index (χ3v) is 6.14. The van der Waals surface area contributed by atoms with Crippen LogP contribution in [0.15, 0.2) is 60.0 Å². The van der Waals surface area contributed by atoms with Gasteiger partial charge in [-0.05, 0) is 23.3 Å². The highest BCUT2D eigenvalue weighted by molar-refractivity contribution is 7.14. The number of carbonyl (C=O) groups is 4. The molecule has 1 aliphatic heterocycles. The van der Waals surface area contributed by atoms with Gasteiger partial charge in [0, 0.05) is 11.8 Å². The summed E-state index contributed by atoms with van der Waals surface area (Å²) in [5.41, 5.74) is -0.451. The minimum atomic E-state index is -4.57. The van der Waals surface area contributed by atoms with Gasteiger partial charge in [-0.15, -0.1) is 11.3 Å². The van der Waals surface area contributed by atoms with Crippen LogP contribution >= 0.6 is 11.3 Å². The second-order valence-corrected chi connectivity index (χ2v) is 8.61. The summed E-state index contributed by atoms with van der Waals surface area (Å²) in [7, 11) is 0. The second kappa shape index (κ2) is 9.77. The van der Waals surface area contributed by atoms with E-state index in [0.29, 0.717) is 5.56 Å². The Morgan fingerprint density at radius 2 is 1.78 bits per heavy atom. The molecule has 2 aromatic carbocycles. The number of anilines is 1. The molecule has 1 fully saturated rings. The molecule has 2 heterocycles. The molecule has 36 heavy (non-hydrogen) atoms. The van der Waals surface area contributed by atoms with Crippen LogP contribution in [0.2, 0.25) is 0 Å². The summed E-state index contributed by atoms with van der Waals surface area (Å²) in [4.78, 5) is 54.8. The number of hydrogen-bond donors (Lipinski definition) is 3. The number of halogens is 3. The summed E-state index contributed by atoms with van der Waals surface area (Å²) in [6.07, 6.45) is -4.63. The smallest absolute Gasteiger partial charge is 0.416 e. The van der Waals surface area contributed by atoms with E-state index in [9.17, 15) is 32.3 Å². The molecule has 4 amide bonds. The number of urea groups is 1. The highest BCUT2D eigenvalue weighted by Gasteiger charge is 2.45. The van der Waals surface area contributed by atoms with Gasteiger partial charge in [0.25, 0.3) is 5.91 Å². The van der Waals surface area contributed by atoms with E-state index in [0.717, 1.165) is 40.5 Å². The van der Waals surface area contributed by atoms with Gasteiger partial charge in [0.1, 0.15) is 12.1 Å². The minimum absolute atomic E-state index is 0.0400. The van der Waals surface area contributed by atoms with Gasteiger partial charge in [0.2, 0.25) is 5.91 Å². The molecule has 1 aromatic heterocycles. The monoisotopic (exact) mass is 518 g/mol. The Morgan fingerprint density at radius 3 is 2.36 bits per heavy atom. The molecule has 4 rings (SSSR count). The summed E-state index contributed by atoms with van der Waals surface area (Å²) in [5, 5.41) is 15.1. The maximum atomic E-state index is 13.2. The average molecular weight is 518 g/mol. The van der Waals surface area contributed by atoms with Crippen LogP contribution in [0.3, 0.4) is 0 Å². The zero-order chi connectivity index (χ0) is 26.0. The van der Waals surface area contributed by atoms with E-state index in [1.54, 1.807) is 30.3 Å². The lowest BCUT2D eigenvalue weighted by atomic mass is 10.0. The molecule has 1 aliphatic rings. The van der Waals surface area contributed by atoms with Gasteiger partial charge in [-0.2, -0.15) is 13.2 Å². The molecule has 0 bridgehead atoms. The molecule has 9 nitrogen and oxygen atoms in total. The summed E-state index contributed by atoms with van der Waals surface area (Å²) < 4.78 is 38.7. The number of nitrogens with one attached hydrogen (secondary N) is 2. The normalized spacial score (nSPS) is 16.5. The first-order valence-electron chi connectivity index (χ1n) is 10.4. The van der Waals surface area contributed by atoms with Gasteiger partial charge in [0.15, 0.2) is 10.8 Å². The van der Waals surface area contributed by atoms with Crippen LogP contribution in [0.5, 0.6) is 0 Å². The highest BCUT2D eigenvalue weighted by Crippen LogP contribution is 2.31. The lowest BCUT2D eigenvalue weighted by Crippen LogP contribution is -2.49. The minimum Gasteiger partial charge on any atom is -0.476 e. The van der Waals surface area contributed by atoms with Gasteiger partial charge < -0.3 is 15.7 Å². The molecule has 0 aliphatic carbocycles. The lowest BCUT2D eigenvalue weighted by Gasteiger charge is -2.24. The van der Waals surface area contributed by atoms with E-state index < -0.39 is 47.6 Å². The number of nitrogens with zero attached hydrogens (tertiary/aromatic N) is 2. The molecule has 13 heteroatoms. The van der Waals surface area contributed by atoms with E-state index >= 15 is 0 Å². The van der Waals surface area contributed by atoms with E-state index in [1.165, 1.54) is 5.38 Å². The van der Waals surface area contributed by atoms with E-state index in [4.69, 9.17) is 5.11 Å². The number of imide groups is 1. The Balaban J connectivity index is 1.61. The fraction of sp³-hybridized carbons (Fsp3) is 0.174. The van der Waals surface area contributed by atoms with E-state index in [-0.39, 0.29) is 22.8 Å². The van der Waals surface area contributed by atoms with Crippen molar-refractivity contribution in [2.75, 3.05) is 5.32 Å². The van der Waals surface area contributed by atoms with Crippen molar-refractivity contribution in [1.29, 1.82) is 0 Å². The number of thiazole rings is 1. The Labute approximate surface area is 205 Å². The van der Waals surface area contributed by atoms with Gasteiger partial charge in [-0.1, -0.05) is 42.5 Å². The molecule has 0 radical (unpaired) electrons. The number of aromatic carboxylic acids is 1. The lowest BCUT2D eigenvalue weighted by molar-refractivity contribution is -0.137. The first kappa shape index (κ1) is 24.9. The molecule has 0 saturated carbocycles. The first-order chi connectivity index (χ1) is 17.0. The summed E-state index contributed by atoms with van der Waals surface area (Å²) in [6.45, 7) is 0. The quantitative estimate of drug-likeness (QED) is 0.409. The highest BCUT2D eigenvalue weighted by atomic mass is 32.1. The van der Waals surface area contributed by atoms with Crippen molar-refractivity contribution in [3.8, 4) is 0 Å². The third-order valence-electron chi connectivity index (χ3n) is 5.38. The van der Waals surface area contributed by atoms with Gasteiger partial charge in [0.05, 0.1) is 5.56 Å². The van der Waals surface area contributed by atoms with Crippen molar-refractivity contribution in [2.45, 2.75) is 24.7 Å². The van der Waals surface area contributed by atoms with Crippen molar-refractivity contribution in [3.63, 3.8) is 0 Å². The van der Waals surface area contributed by atoms with E-state index in [2.05, 4.69) is 15.6 Å². The predicted molar refractivity (Wildman–Crippen MR) is 121 cm³/mol. The fourth-order valence-electron chi connectivity index (χ4n) is 3.64. The van der Waals surface area contributed by atoms with Crippen LogP contribution in [0.25, 0.3) is 0 Å². The second-order valence-electron chi connectivity index (χ2n) is 7.75. The molecule has 186 valence electrons. The number of rotatable bonds is 7. The van der Waals surface area contributed by atoms with Gasteiger partial charge in [-0.3, -0.25) is 9.59 Å². The first-order valence-corrected chi connectivity index (χ1v) is 11.3. The summed E-state index contributed by atoms with van der Waals surface area (Å²) >= 11 is 0.855. The number of carboxylic acid groups (broad SMARTS) is 1. The number of amides is 4. The number of alkyl halides is 3. The van der Waals surface area contributed by atoms with E-state index in [1.807, 2.05) is 0 Å². The Morgan fingerprint density at radius 1 is 1.11 bits per heavy atom. The molecule has 2 atom stereocenters. The zero-order valence-electron chi connectivity index (χ0n) is 18.2. The van der Waals surface area contributed by atoms with Crippen LogP contribution in [-0.2, 0) is 22.2 Å². The Hall–Kier alpha value is -4.26. The summed E-state index contributed by atoms with van der Waals surface area (Å²) in [5.74, 6) is -2.90. The Kier molecular flexibility index (Phi) is 6.75. The van der Waals surface area contributed by atoms with Crippen LogP contribution in [0.4, 0.5) is 23.1 Å². The molecule has 3 aromatic rings. The molecule has 1 saturated heterocycles. The zero-order valence-corrected chi connectivity index (χ0v) is 19.0.